The summed E-state index contributed by atoms with van der Waals surface area (Å²) in [6.07, 6.45) is 2.41. The van der Waals surface area contributed by atoms with Gasteiger partial charge in [-0.25, -0.2) is 13.2 Å². The van der Waals surface area contributed by atoms with Crippen LogP contribution in [0.5, 0.6) is 0 Å². The third-order valence-corrected chi connectivity index (χ3v) is 11.2. The molecule has 5 aromatic carbocycles. The molecule has 0 fully saturated rings. The van der Waals surface area contributed by atoms with Crippen LogP contribution in [0.2, 0.25) is 0 Å². The van der Waals surface area contributed by atoms with E-state index in [2.05, 4.69) is 121 Å². The second-order valence-electron chi connectivity index (χ2n) is 8.84. The van der Waals surface area contributed by atoms with Crippen LogP contribution in [-0.4, -0.2) is 25.1 Å². The van der Waals surface area contributed by atoms with Gasteiger partial charge in [0, 0.05) is 0 Å². The Morgan fingerprint density at radius 3 is 0.870 bits per heavy atom. The molecule has 0 heterocycles. The van der Waals surface area contributed by atoms with Crippen LogP contribution in [0.4, 0.5) is 39.2 Å². The zero-order chi connectivity index (χ0) is 32.1. The van der Waals surface area contributed by atoms with Crippen molar-refractivity contribution in [2.75, 3.05) is 12.3 Å². The first-order valence-electron chi connectivity index (χ1n) is 13.0. The van der Waals surface area contributed by atoms with Crippen LogP contribution in [0, 0.1) is 35.2 Å². The van der Waals surface area contributed by atoms with Crippen molar-refractivity contribution in [2.24, 2.45) is 0 Å². The third-order valence-electron chi connectivity index (χ3n) is 5.81. The van der Waals surface area contributed by atoms with Gasteiger partial charge in [-0.2, -0.15) is 0 Å². The SMILES string of the molecule is F[B-](F)(F)F.Fc1[c-]c(F)c(F)c(F)c1F.O.[Pt+2].c1ccc(P(CCP(c2ccccc2)c2ccccc2)c2ccccc2)cc1. The standard InChI is InChI=1S/C26H24P2.C6F5.BF4.H2O.Pt/c1-5-13-23(14-6-1)27(24-15-7-2-8-16-24)21-22-28(25-17-9-3-10-18-25)26-19-11-4-12-20-26;7-2-1-3(8)5(10)6(11)4(2)9;2-1(3,4)5;;/h1-20H,21-22H2;;;1H2;/q;2*-1;;+2. The van der Waals surface area contributed by atoms with Crippen molar-refractivity contribution in [1.29, 1.82) is 0 Å². The molecule has 0 saturated carbocycles. The summed E-state index contributed by atoms with van der Waals surface area (Å²) in [5, 5.41) is 5.89. The largest absolute Gasteiger partial charge is 2.00 e. The quantitative estimate of drug-likeness (QED) is 0.0399. The van der Waals surface area contributed by atoms with Crippen LogP contribution < -0.4 is 21.2 Å². The first-order valence-corrected chi connectivity index (χ1v) is 16.0. The summed E-state index contributed by atoms with van der Waals surface area (Å²) in [4.78, 5) is 0. The van der Waals surface area contributed by atoms with E-state index in [0.29, 0.717) is 0 Å². The fourth-order valence-corrected chi connectivity index (χ4v) is 9.30. The number of hydrogen-bond donors (Lipinski definition) is 0. The van der Waals surface area contributed by atoms with E-state index in [-0.39, 0.29) is 42.4 Å². The van der Waals surface area contributed by atoms with E-state index in [9.17, 15) is 39.2 Å². The van der Waals surface area contributed by atoms with Crippen LogP contribution in [0.15, 0.2) is 121 Å². The molecule has 0 atom stereocenters. The first kappa shape index (κ1) is 41.1. The molecule has 0 aliphatic carbocycles. The molecule has 0 aliphatic rings. The fraction of sp³-hybridized carbons (Fsp3) is 0.0625. The molecule has 2 N–H and O–H groups in total. The molecule has 0 amide bonds. The number of benzene rings is 5. The number of halogens is 9. The van der Waals surface area contributed by atoms with Crippen molar-refractivity contribution < 1.29 is 65.8 Å². The van der Waals surface area contributed by atoms with Crippen LogP contribution in [0.25, 0.3) is 0 Å². The minimum Gasteiger partial charge on any atom is -0.418 e. The third kappa shape index (κ3) is 13.4. The monoisotopic (exact) mass is 865 g/mol. The summed E-state index contributed by atoms with van der Waals surface area (Å²) in [6, 6.07) is 45.2. The average molecular weight is 865 g/mol. The second-order valence-corrected chi connectivity index (χ2v) is 13.5. The van der Waals surface area contributed by atoms with E-state index in [4.69, 9.17) is 0 Å². The summed E-state index contributed by atoms with van der Waals surface area (Å²) in [5.74, 6) is -10.0. The Morgan fingerprint density at radius 2 is 0.652 bits per heavy atom. The minimum absolute atomic E-state index is 0. The molecule has 14 heteroatoms. The molecule has 46 heavy (non-hydrogen) atoms. The summed E-state index contributed by atoms with van der Waals surface area (Å²) in [7, 11) is -6.70. The van der Waals surface area contributed by atoms with Crippen molar-refractivity contribution in [2.45, 2.75) is 0 Å². The van der Waals surface area contributed by atoms with E-state index in [1.807, 2.05) is 0 Å². The first-order chi connectivity index (χ1) is 21.0. The van der Waals surface area contributed by atoms with Gasteiger partial charge in [-0.3, -0.25) is 8.78 Å². The molecular weight excluding hydrogens is 839 g/mol. The molecular formula is C32H26BF9OP2Pt. The van der Waals surface area contributed by atoms with Gasteiger partial charge < -0.3 is 22.7 Å². The molecule has 1 nitrogen and oxygen atoms in total. The molecule has 0 aliphatic heterocycles. The maximum Gasteiger partial charge on any atom is 2.00 e. The molecule has 246 valence electrons. The van der Waals surface area contributed by atoms with Crippen molar-refractivity contribution in [3.05, 3.63) is 156 Å². The Labute approximate surface area is 278 Å². The minimum atomic E-state index is -6.00. The van der Waals surface area contributed by atoms with E-state index >= 15 is 0 Å². The van der Waals surface area contributed by atoms with Crippen LogP contribution in [-0.2, 0) is 21.1 Å². The van der Waals surface area contributed by atoms with Gasteiger partial charge >= 0.3 is 28.3 Å². The zero-order valence-corrected chi connectivity index (χ0v) is 27.7. The molecule has 0 spiro atoms. The van der Waals surface area contributed by atoms with Crippen LogP contribution >= 0.6 is 15.8 Å². The van der Waals surface area contributed by atoms with Crippen molar-refractivity contribution >= 4 is 44.3 Å². The predicted molar refractivity (Wildman–Crippen MR) is 167 cm³/mol. The van der Waals surface area contributed by atoms with Crippen molar-refractivity contribution in [3.8, 4) is 0 Å². The van der Waals surface area contributed by atoms with Gasteiger partial charge in [0.05, 0.1) is 29.1 Å². The normalized spacial score (nSPS) is 10.5. The zero-order valence-electron chi connectivity index (χ0n) is 23.7. The summed E-state index contributed by atoms with van der Waals surface area (Å²) < 4.78 is 98.9. The van der Waals surface area contributed by atoms with Crippen LogP contribution in [0.3, 0.4) is 0 Å². The van der Waals surface area contributed by atoms with Gasteiger partial charge in [-0.1, -0.05) is 121 Å². The Morgan fingerprint density at radius 1 is 0.435 bits per heavy atom. The van der Waals surface area contributed by atoms with Gasteiger partial charge in [-0.05, 0) is 49.4 Å². The summed E-state index contributed by atoms with van der Waals surface area (Å²) in [5.41, 5.74) is 0. The second kappa shape index (κ2) is 20.3. The topological polar surface area (TPSA) is 31.5 Å². The summed E-state index contributed by atoms with van der Waals surface area (Å²) >= 11 is 0. The van der Waals surface area contributed by atoms with Gasteiger partial charge in [0.15, 0.2) is 0 Å². The molecule has 0 aromatic heterocycles. The Hall–Kier alpha value is -2.96. The van der Waals surface area contributed by atoms with E-state index in [1.54, 1.807) is 0 Å². The van der Waals surface area contributed by atoms with Crippen LogP contribution in [0.1, 0.15) is 0 Å². The van der Waals surface area contributed by atoms with Gasteiger partial charge in [0.2, 0.25) is 0 Å². The number of rotatable bonds is 7. The molecule has 0 bridgehead atoms. The van der Waals surface area contributed by atoms with E-state index in [0.717, 1.165) is 6.07 Å². The van der Waals surface area contributed by atoms with Gasteiger partial charge in [0.1, 0.15) is 0 Å². The van der Waals surface area contributed by atoms with E-state index in [1.165, 1.54) is 33.5 Å². The maximum atomic E-state index is 12.0. The predicted octanol–water partition coefficient (Wildman–Crippen LogP) is 7.91. The van der Waals surface area contributed by atoms with Gasteiger partial charge in [0.25, 0.3) is 0 Å². The molecule has 5 rings (SSSR count). The van der Waals surface area contributed by atoms with Crippen molar-refractivity contribution in [1.82, 2.24) is 0 Å². The van der Waals surface area contributed by atoms with E-state index < -0.39 is 36.3 Å². The maximum absolute atomic E-state index is 12.0. The molecule has 5 aromatic rings. The molecule has 0 radical (unpaired) electrons. The molecule has 0 saturated heterocycles. The average Bonchev–Trinajstić information content (AvgIpc) is 3.02. The Kier molecular flexibility index (Phi) is 18.1. The fourth-order valence-electron chi connectivity index (χ4n) is 3.94. The molecule has 0 unspecified atom stereocenters. The van der Waals surface area contributed by atoms with Crippen molar-refractivity contribution in [3.63, 3.8) is 0 Å². The Bertz CT molecular complexity index is 1380. The summed E-state index contributed by atoms with van der Waals surface area (Å²) in [6.45, 7) is 0. The smallest absolute Gasteiger partial charge is 0.418 e. The Balaban J connectivity index is 0.000000491. The van der Waals surface area contributed by atoms with Gasteiger partial charge in [-0.15, -0.1) is 6.07 Å². The number of hydrogen-bond acceptors (Lipinski definition) is 0.